The Morgan fingerprint density at radius 2 is 2.25 bits per heavy atom. The van der Waals surface area contributed by atoms with Crippen LogP contribution >= 0.6 is 23.5 Å². The van der Waals surface area contributed by atoms with E-state index >= 15 is 0 Å². The summed E-state index contributed by atoms with van der Waals surface area (Å²) in [5.41, 5.74) is 2.98. The zero-order valence-electron chi connectivity index (χ0n) is 13.5. The second-order valence-corrected chi connectivity index (χ2v) is 7.82. The van der Waals surface area contributed by atoms with Gasteiger partial charge in [-0.1, -0.05) is 23.9 Å². The minimum absolute atomic E-state index is 0.0721. The largest absolute Gasteiger partial charge is 0.325 e. The van der Waals surface area contributed by atoms with E-state index in [0.29, 0.717) is 18.1 Å². The highest BCUT2D eigenvalue weighted by atomic mass is 32.2. The maximum atomic E-state index is 12.2. The van der Waals surface area contributed by atoms with Crippen LogP contribution in [0.4, 0.5) is 5.69 Å². The van der Waals surface area contributed by atoms with Gasteiger partial charge in [0.2, 0.25) is 11.8 Å². The number of aryl methyl sites for hydroxylation is 2. The van der Waals surface area contributed by atoms with Gasteiger partial charge in [-0.25, -0.2) is 5.01 Å². The lowest BCUT2D eigenvalue weighted by Crippen LogP contribution is -2.18. The Morgan fingerprint density at radius 3 is 3.08 bits per heavy atom. The van der Waals surface area contributed by atoms with Gasteiger partial charge in [-0.05, 0) is 49.2 Å². The van der Waals surface area contributed by atoms with Crippen LogP contribution in [-0.4, -0.2) is 38.7 Å². The first-order valence-electron chi connectivity index (χ1n) is 7.67. The molecular formula is C16H18N4O2S2. The maximum Gasteiger partial charge on any atom is 0.248 e. The van der Waals surface area contributed by atoms with Gasteiger partial charge in [0.05, 0.1) is 5.75 Å². The van der Waals surface area contributed by atoms with Crippen molar-refractivity contribution in [3.63, 3.8) is 0 Å². The monoisotopic (exact) mass is 362 g/mol. The minimum atomic E-state index is -0.103. The predicted molar refractivity (Wildman–Crippen MR) is 100 cm³/mol. The molecule has 0 atom stereocenters. The van der Waals surface area contributed by atoms with Gasteiger partial charge in [0.15, 0.2) is 9.54 Å². The summed E-state index contributed by atoms with van der Waals surface area (Å²) < 4.78 is 0.750. The Balaban J connectivity index is 1.55. The molecule has 0 saturated carbocycles. The number of nitrogens with one attached hydrogen (secondary N) is 1. The first-order chi connectivity index (χ1) is 11.5. The molecule has 2 aliphatic rings. The van der Waals surface area contributed by atoms with E-state index in [1.807, 2.05) is 32.0 Å². The summed E-state index contributed by atoms with van der Waals surface area (Å²) in [4.78, 5) is 27.7. The number of rotatable bonds is 3. The van der Waals surface area contributed by atoms with Gasteiger partial charge < -0.3 is 5.32 Å². The summed E-state index contributed by atoms with van der Waals surface area (Å²) in [5, 5.41) is 9.73. The Hall–Kier alpha value is -1.80. The molecule has 1 aromatic rings. The van der Waals surface area contributed by atoms with Gasteiger partial charge in [-0.15, -0.1) is 0 Å². The lowest BCUT2D eigenvalue weighted by molar-refractivity contribution is -0.117. The van der Waals surface area contributed by atoms with E-state index in [9.17, 15) is 9.59 Å². The number of carbonyl (C=O) groups excluding carboxylic acids is 2. The summed E-state index contributed by atoms with van der Waals surface area (Å²) >= 11 is 2.72. The van der Waals surface area contributed by atoms with E-state index in [-0.39, 0.29) is 17.6 Å². The Bertz CT molecular complexity index is 746. The first kappa shape index (κ1) is 17.0. The van der Waals surface area contributed by atoms with E-state index in [0.717, 1.165) is 27.6 Å². The standard InChI is InChI=1S/C16H18N4O2S2/c1-10-5-6-11(2)12(8-10)17-14(22)9-23-16-19-20-7-3-4-13(21)18-15(20)24-16/h5-6,8H,3-4,7,9H2,1-2H3,(H,17,22). The van der Waals surface area contributed by atoms with Crippen LogP contribution in [0.2, 0.25) is 0 Å². The fourth-order valence-corrected chi connectivity index (χ4v) is 4.10. The van der Waals surface area contributed by atoms with Crippen molar-refractivity contribution < 1.29 is 9.59 Å². The Labute approximate surface area is 149 Å². The van der Waals surface area contributed by atoms with Crippen LogP contribution in [0.1, 0.15) is 24.0 Å². The molecule has 0 radical (unpaired) electrons. The molecule has 1 aromatic carbocycles. The van der Waals surface area contributed by atoms with Gasteiger partial charge in [-0.2, -0.15) is 10.1 Å². The summed E-state index contributed by atoms with van der Waals surface area (Å²) in [5.74, 6) is 0.0973. The number of nitrogens with zero attached hydrogens (tertiary/aromatic N) is 3. The molecule has 0 unspecified atom stereocenters. The second kappa shape index (κ2) is 7.40. The second-order valence-electron chi connectivity index (χ2n) is 5.64. The van der Waals surface area contributed by atoms with E-state index in [1.54, 1.807) is 5.01 Å². The molecule has 24 heavy (non-hydrogen) atoms. The maximum absolute atomic E-state index is 12.2. The normalized spacial score (nSPS) is 17.1. The van der Waals surface area contributed by atoms with Crippen molar-refractivity contribution in [2.24, 2.45) is 10.1 Å². The number of fused-ring (bicyclic) bond motifs is 1. The number of hydrazone groups is 1. The molecule has 8 heteroatoms. The molecule has 1 N–H and O–H groups in total. The SMILES string of the molecule is Cc1ccc(C)c(NC(=O)CSC2=NN3CCCC(=O)N=C3S2)c1. The summed E-state index contributed by atoms with van der Waals surface area (Å²) in [6.45, 7) is 4.65. The average Bonchev–Trinajstić information content (AvgIpc) is 2.82. The molecule has 0 aromatic heterocycles. The van der Waals surface area contributed by atoms with Crippen LogP contribution in [0.3, 0.4) is 0 Å². The van der Waals surface area contributed by atoms with Crippen LogP contribution in [0, 0.1) is 13.8 Å². The van der Waals surface area contributed by atoms with Gasteiger partial charge in [0, 0.05) is 18.7 Å². The molecule has 2 heterocycles. The van der Waals surface area contributed by atoms with Crippen molar-refractivity contribution in [1.29, 1.82) is 0 Å². The van der Waals surface area contributed by atoms with Crippen LogP contribution in [0.15, 0.2) is 28.3 Å². The van der Waals surface area contributed by atoms with Crippen molar-refractivity contribution in [3.05, 3.63) is 29.3 Å². The predicted octanol–water partition coefficient (Wildman–Crippen LogP) is 2.97. The lowest BCUT2D eigenvalue weighted by Gasteiger charge is -2.09. The van der Waals surface area contributed by atoms with E-state index < -0.39 is 0 Å². The summed E-state index contributed by atoms with van der Waals surface area (Å²) in [6.07, 6.45) is 1.22. The minimum Gasteiger partial charge on any atom is -0.325 e. The number of amides is 2. The summed E-state index contributed by atoms with van der Waals surface area (Å²) in [7, 11) is 0. The highest BCUT2D eigenvalue weighted by Crippen LogP contribution is 2.29. The number of anilines is 1. The number of benzene rings is 1. The molecule has 0 fully saturated rings. The van der Waals surface area contributed by atoms with Gasteiger partial charge in [-0.3, -0.25) is 9.59 Å². The molecule has 3 rings (SSSR count). The van der Waals surface area contributed by atoms with Crippen molar-refractivity contribution in [2.75, 3.05) is 17.6 Å². The van der Waals surface area contributed by atoms with Crippen molar-refractivity contribution in [3.8, 4) is 0 Å². The Kier molecular flexibility index (Phi) is 5.25. The number of aliphatic imine (C=N–C) groups is 1. The molecule has 0 bridgehead atoms. The molecule has 0 saturated heterocycles. The van der Waals surface area contributed by atoms with Gasteiger partial charge in [0.1, 0.15) is 0 Å². The fraction of sp³-hybridized carbons (Fsp3) is 0.375. The molecule has 2 aliphatic heterocycles. The fourth-order valence-electron chi connectivity index (χ4n) is 2.30. The number of carbonyl (C=O) groups is 2. The molecule has 6 nitrogen and oxygen atoms in total. The third-order valence-corrected chi connectivity index (χ3v) is 5.66. The van der Waals surface area contributed by atoms with Crippen LogP contribution in [-0.2, 0) is 9.59 Å². The van der Waals surface area contributed by atoms with Crippen LogP contribution in [0.5, 0.6) is 0 Å². The van der Waals surface area contributed by atoms with E-state index in [4.69, 9.17) is 0 Å². The molecule has 0 aliphatic carbocycles. The highest BCUT2D eigenvalue weighted by Gasteiger charge is 2.27. The zero-order valence-corrected chi connectivity index (χ0v) is 15.2. The van der Waals surface area contributed by atoms with Crippen molar-refractivity contribution in [1.82, 2.24) is 5.01 Å². The summed E-state index contributed by atoms with van der Waals surface area (Å²) in [6, 6.07) is 5.97. The molecular weight excluding hydrogens is 344 g/mol. The number of hydrogen-bond donors (Lipinski definition) is 1. The van der Waals surface area contributed by atoms with Gasteiger partial charge >= 0.3 is 0 Å². The average molecular weight is 362 g/mol. The number of amidine groups is 1. The molecule has 126 valence electrons. The van der Waals surface area contributed by atoms with Gasteiger partial charge in [0.25, 0.3) is 0 Å². The molecule has 2 amide bonds. The van der Waals surface area contributed by atoms with E-state index in [1.165, 1.54) is 23.5 Å². The van der Waals surface area contributed by atoms with Crippen molar-refractivity contribution >= 4 is 50.6 Å². The highest BCUT2D eigenvalue weighted by molar-refractivity contribution is 8.45. The van der Waals surface area contributed by atoms with Crippen molar-refractivity contribution in [2.45, 2.75) is 26.7 Å². The number of hydrogen-bond acceptors (Lipinski definition) is 6. The third-order valence-electron chi connectivity index (χ3n) is 3.58. The van der Waals surface area contributed by atoms with Crippen LogP contribution in [0.25, 0.3) is 0 Å². The Morgan fingerprint density at radius 1 is 1.42 bits per heavy atom. The smallest absolute Gasteiger partial charge is 0.248 e. The first-order valence-corrected chi connectivity index (χ1v) is 9.47. The lowest BCUT2D eigenvalue weighted by atomic mass is 10.1. The zero-order chi connectivity index (χ0) is 17.1. The third kappa shape index (κ3) is 4.18. The number of thioether (sulfide) groups is 2. The van der Waals surface area contributed by atoms with Crippen LogP contribution < -0.4 is 5.32 Å². The topological polar surface area (TPSA) is 74.1 Å². The quantitative estimate of drug-likeness (QED) is 0.895. The molecule has 0 spiro atoms. The van der Waals surface area contributed by atoms with E-state index in [2.05, 4.69) is 15.4 Å².